The normalized spacial score (nSPS) is 18.7. The first kappa shape index (κ1) is 22.1. The van der Waals surface area contributed by atoms with Crippen LogP contribution in [0.2, 0.25) is 0 Å². The zero-order valence-electron chi connectivity index (χ0n) is 18.9. The number of rotatable bonds is 5. The van der Waals surface area contributed by atoms with Gasteiger partial charge < -0.3 is 20.8 Å². The van der Waals surface area contributed by atoms with Gasteiger partial charge in [0.05, 0.1) is 17.1 Å². The van der Waals surface area contributed by atoms with Crippen molar-refractivity contribution in [2.45, 2.75) is 50.5 Å². The van der Waals surface area contributed by atoms with E-state index >= 15 is 0 Å². The van der Waals surface area contributed by atoms with Crippen molar-refractivity contribution in [3.8, 4) is 11.1 Å². The predicted octanol–water partition coefficient (Wildman–Crippen LogP) is 6.99. The molecule has 2 aliphatic carbocycles. The van der Waals surface area contributed by atoms with Gasteiger partial charge >= 0.3 is 5.97 Å². The molecule has 0 spiro atoms. The molecule has 174 valence electrons. The van der Waals surface area contributed by atoms with E-state index in [9.17, 15) is 14.3 Å². The molecule has 1 saturated carbocycles. The number of benzene rings is 2. The summed E-state index contributed by atoms with van der Waals surface area (Å²) in [5.41, 5.74) is 11.9. The lowest BCUT2D eigenvalue weighted by atomic mass is 9.83. The summed E-state index contributed by atoms with van der Waals surface area (Å²) >= 11 is 0. The average Bonchev–Trinajstić information content (AvgIpc) is 3.18. The number of hydrogen-bond donors (Lipinski definition) is 3. The smallest absolute Gasteiger partial charge is 0.335 e. The van der Waals surface area contributed by atoms with Crippen molar-refractivity contribution < 1.29 is 14.3 Å². The molecule has 1 fully saturated rings. The quantitative estimate of drug-likeness (QED) is 0.285. The summed E-state index contributed by atoms with van der Waals surface area (Å²) in [5.74, 6) is -0.840. The van der Waals surface area contributed by atoms with Crippen LogP contribution in [0.4, 0.5) is 10.1 Å². The van der Waals surface area contributed by atoms with Gasteiger partial charge in [0, 0.05) is 34.1 Å². The van der Waals surface area contributed by atoms with Crippen LogP contribution in [0, 0.1) is 5.41 Å². The number of nitrogens with two attached hydrogens (primary N) is 1. The molecule has 1 unspecified atom stereocenters. The standard InChI is InChI=1S/C28H28FN3O2/c29-21-10-12-22(13-11-21)32-25-14-20(16-30)24(31)15-23(25)26(27(32)18-4-2-1-3-5-18)17-6-8-19(9-7-17)28(33)34/h6-12,14-16,18,22,30H,1-5,13,31H2,(H,33,34). The van der Waals surface area contributed by atoms with E-state index in [1.165, 1.54) is 24.4 Å². The Balaban J connectivity index is 1.82. The molecule has 1 heterocycles. The summed E-state index contributed by atoms with van der Waals surface area (Å²) in [6.45, 7) is 0. The minimum absolute atomic E-state index is 0.0480. The SMILES string of the molecule is N=Cc1cc2c(cc1N)c(-c1ccc(C(=O)O)cc1)c(C1CCCCC1)n2C1C=CC(F)=CC1. The number of nitrogens with zero attached hydrogens (tertiary/aromatic N) is 1. The Hall–Kier alpha value is -3.67. The van der Waals surface area contributed by atoms with Crippen LogP contribution in [0.25, 0.3) is 22.0 Å². The van der Waals surface area contributed by atoms with Crippen molar-refractivity contribution in [2.24, 2.45) is 0 Å². The summed E-state index contributed by atoms with van der Waals surface area (Å²) in [6, 6.07) is 10.9. The van der Waals surface area contributed by atoms with Crippen molar-refractivity contribution in [1.29, 1.82) is 5.41 Å². The highest BCUT2D eigenvalue weighted by Crippen LogP contribution is 2.47. The van der Waals surface area contributed by atoms with Crippen LogP contribution in [0.5, 0.6) is 0 Å². The van der Waals surface area contributed by atoms with Gasteiger partial charge in [-0.3, -0.25) is 0 Å². The van der Waals surface area contributed by atoms with Gasteiger partial charge in [-0.15, -0.1) is 0 Å². The minimum Gasteiger partial charge on any atom is -0.478 e. The summed E-state index contributed by atoms with van der Waals surface area (Å²) in [7, 11) is 0. The molecule has 0 saturated heterocycles. The number of hydrogen-bond acceptors (Lipinski definition) is 3. The maximum Gasteiger partial charge on any atom is 0.335 e. The lowest BCUT2D eigenvalue weighted by Crippen LogP contribution is -2.16. The molecular formula is C28H28FN3O2. The van der Waals surface area contributed by atoms with Crippen LogP contribution >= 0.6 is 0 Å². The number of anilines is 1. The molecule has 6 heteroatoms. The predicted molar refractivity (Wildman–Crippen MR) is 134 cm³/mol. The molecule has 3 aromatic rings. The number of aromatic carboxylic acids is 1. The van der Waals surface area contributed by atoms with Crippen molar-refractivity contribution in [1.82, 2.24) is 4.57 Å². The molecule has 34 heavy (non-hydrogen) atoms. The fourth-order valence-corrected chi connectivity index (χ4v) is 5.53. The van der Waals surface area contributed by atoms with Crippen molar-refractivity contribution >= 4 is 28.8 Å². The van der Waals surface area contributed by atoms with Crippen LogP contribution in [0.15, 0.2) is 60.5 Å². The average molecular weight is 458 g/mol. The topological polar surface area (TPSA) is 92.1 Å². The van der Waals surface area contributed by atoms with Crippen LogP contribution in [0.3, 0.4) is 0 Å². The van der Waals surface area contributed by atoms with E-state index in [1.54, 1.807) is 18.2 Å². The molecule has 5 nitrogen and oxygen atoms in total. The Labute approximate surface area is 197 Å². The lowest BCUT2D eigenvalue weighted by molar-refractivity contribution is 0.0697. The van der Waals surface area contributed by atoms with Crippen molar-refractivity contribution in [3.05, 3.63) is 77.3 Å². The molecule has 0 aliphatic heterocycles. The van der Waals surface area contributed by atoms with E-state index in [-0.39, 0.29) is 17.4 Å². The highest BCUT2D eigenvalue weighted by atomic mass is 19.1. The number of aromatic nitrogens is 1. The molecule has 2 aliphatic rings. The second-order valence-corrected chi connectivity index (χ2v) is 9.24. The maximum atomic E-state index is 13.9. The lowest BCUT2D eigenvalue weighted by Gasteiger charge is -2.29. The third kappa shape index (κ3) is 3.83. The molecule has 2 aromatic carbocycles. The van der Waals surface area contributed by atoms with Crippen molar-refractivity contribution in [2.75, 3.05) is 5.73 Å². The highest BCUT2D eigenvalue weighted by molar-refractivity contribution is 6.04. The largest absolute Gasteiger partial charge is 0.478 e. The Kier molecular flexibility index (Phi) is 5.82. The first-order valence-electron chi connectivity index (χ1n) is 11.8. The number of nitrogen functional groups attached to an aromatic ring is 1. The van der Waals surface area contributed by atoms with Crippen molar-refractivity contribution in [3.63, 3.8) is 0 Å². The minimum atomic E-state index is -0.956. The first-order chi connectivity index (χ1) is 16.5. The zero-order chi connectivity index (χ0) is 23.8. The van der Waals surface area contributed by atoms with E-state index in [0.717, 1.165) is 47.7 Å². The molecule has 1 atom stereocenters. The number of carboxylic acid groups (broad SMARTS) is 1. The molecule has 1 aromatic heterocycles. The van der Waals surface area contributed by atoms with Crippen LogP contribution in [-0.4, -0.2) is 21.9 Å². The van der Waals surface area contributed by atoms with Crippen LogP contribution in [-0.2, 0) is 0 Å². The molecule has 0 radical (unpaired) electrons. The third-order valence-electron chi connectivity index (χ3n) is 7.18. The fourth-order valence-electron chi connectivity index (χ4n) is 5.53. The molecule has 5 rings (SSSR count). The van der Waals surface area contributed by atoms with Gasteiger partial charge in [-0.2, -0.15) is 0 Å². The van der Waals surface area contributed by atoms with E-state index in [0.29, 0.717) is 23.6 Å². The number of halogens is 1. The molecule has 4 N–H and O–H groups in total. The van der Waals surface area contributed by atoms with Gasteiger partial charge in [-0.1, -0.05) is 37.5 Å². The summed E-state index contributed by atoms with van der Waals surface area (Å²) < 4.78 is 16.2. The monoisotopic (exact) mass is 457 g/mol. The number of allylic oxidation sites excluding steroid dienone is 4. The zero-order valence-corrected chi connectivity index (χ0v) is 18.9. The van der Waals surface area contributed by atoms with Gasteiger partial charge in [0.1, 0.15) is 5.83 Å². The van der Waals surface area contributed by atoms with Gasteiger partial charge in [0.2, 0.25) is 0 Å². The van der Waals surface area contributed by atoms with E-state index < -0.39 is 5.97 Å². The van der Waals surface area contributed by atoms with Gasteiger partial charge in [-0.05, 0) is 67.2 Å². The van der Waals surface area contributed by atoms with E-state index in [1.807, 2.05) is 30.3 Å². The van der Waals surface area contributed by atoms with E-state index in [2.05, 4.69) is 4.57 Å². The van der Waals surface area contributed by atoms with Gasteiger partial charge in [0.15, 0.2) is 0 Å². The third-order valence-corrected chi connectivity index (χ3v) is 7.18. The maximum absolute atomic E-state index is 13.9. The number of nitrogens with one attached hydrogen (secondary N) is 1. The number of fused-ring (bicyclic) bond motifs is 1. The Bertz CT molecular complexity index is 1330. The van der Waals surface area contributed by atoms with Gasteiger partial charge in [0.25, 0.3) is 0 Å². The molecule has 0 bridgehead atoms. The second kappa shape index (κ2) is 8.93. The molecular weight excluding hydrogens is 429 g/mol. The van der Waals surface area contributed by atoms with Crippen LogP contribution < -0.4 is 5.73 Å². The summed E-state index contributed by atoms with van der Waals surface area (Å²) in [4.78, 5) is 11.4. The Morgan fingerprint density at radius 3 is 2.50 bits per heavy atom. The fraction of sp³-hybridized carbons (Fsp3) is 0.286. The summed E-state index contributed by atoms with van der Waals surface area (Å²) in [5, 5.41) is 18.2. The highest BCUT2D eigenvalue weighted by Gasteiger charge is 2.30. The van der Waals surface area contributed by atoms with Crippen LogP contribution in [0.1, 0.15) is 72.1 Å². The number of carboxylic acids is 1. The number of carbonyl (C=O) groups is 1. The first-order valence-corrected chi connectivity index (χ1v) is 11.8. The Morgan fingerprint density at radius 1 is 1.15 bits per heavy atom. The second-order valence-electron chi connectivity index (χ2n) is 9.24. The van der Waals surface area contributed by atoms with Gasteiger partial charge in [-0.25, -0.2) is 9.18 Å². The van der Waals surface area contributed by atoms with E-state index in [4.69, 9.17) is 11.1 Å². The Morgan fingerprint density at radius 2 is 1.88 bits per heavy atom. The summed E-state index contributed by atoms with van der Waals surface area (Å²) in [6.07, 6.45) is 12.6. The molecule has 0 amide bonds.